The van der Waals surface area contributed by atoms with Crippen LogP contribution in [-0.4, -0.2) is 12.1 Å². The number of ether oxygens (including phenoxy) is 2. The average Bonchev–Trinajstić information content (AvgIpc) is 2.65. The van der Waals surface area contributed by atoms with E-state index in [4.69, 9.17) is 13.9 Å². The zero-order valence-electron chi connectivity index (χ0n) is 7.94. The van der Waals surface area contributed by atoms with Crippen molar-refractivity contribution in [1.82, 2.24) is 4.98 Å². The van der Waals surface area contributed by atoms with Crippen LogP contribution in [0.15, 0.2) is 39.5 Å². The average molecular weight is 270 g/mol. The van der Waals surface area contributed by atoms with Gasteiger partial charge in [-0.15, -0.1) is 0 Å². The van der Waals surface area contributed by atoms with Crippen molar-refractivity contribution in [3.8, 4) is 17.6 Å². The third-order valence-corrected chi connectivity index (χ3v) is 2.09. The van der Waals surface area contributed by atoms with Crippen molar-refractivity contribution in [2.75, 3.05) is 7.11 Å². The molecule has 0 spiro atoms. The van der Waals surface area contributed by atoms with Gasteiger partial charge in [0.15, 0.2) is 4.67 Å². The molecule has 5 heteroatoms. The summed E-state index contributed by atoms with van der Waals surface area (Å²) in [5.41, 5.74) is 0. The van der Waals surface area contributed by atoms with Gasteiger partial charge in [0.25, 0.3) is 0 Å². The Morgan fingerprint density at radius 1 is 1.20 bits per heavy atom. The number of hydrogen-bond acceptors (Lipinski definition) is 4. The van der Waals surface area contributed by atoms with Crippen LogP contribution in [0, 0.1) is 0 Å². The molecule has 0 saturated carbocycles. The molecule has 4 nitrogen and oxygen atoms in total. The van der Waals surface area contributed by atoms with Gasteiger partial charge in [-0.1, -0.05) is 0 Å². The van der Waals surface area contributed by atoms with Crippen LogP contribution in [0.2, 0.25) is 0 Å². The standard InChI is InChI=1S/C10H8BrNO3/c1-13-7-2-4-8(5-3-7)14-10-12-6-9(11)15-10/h2-6H,1H3. The quantitative estimate of drug-likeness (QED) is 0.858. The van der Waals surface area contributed by atoms with E-state index in [1.165, 1.54) is 6.20 Å². The fourth-order valence-electron chi connectivity index (χ4n) is 1.03. The largest absolute Gasteiger partial charge is 0.497 e. The number of oxazole rings is 1. The minimum absolute atomic E-state index is 0.201. The fraction of sp³-hybridized carbons (Fsp3) is 0.100. The van der Waals surface area contributed by atoms with E-state index in [1.807, 2.05) is 0 Å². The monoisotopic (exact) mass is 269 g/mol. The minimum atomic E-state index is 0.201. The molecule has 0 aliphatic rings. The van der Waals surface area contributed by atoms with Crippen LogP contribution in [0.5, 0.6) is 17.6 Å². The van der Waals surface area contributed by atoms with Crippen LogP contribution >= 0.6 is 15.9 Å². The highest BCUT2D eigenvalue weighted by atomic mass is 79.9. The lowest BCUT2D eigenvalue weighted by Crippen LogP contribution is -1.85. The Hall–Kier alpha value is -1.49. The summed E-state index contributed by atoms with van der Waals surface area (Å²) in [5, 5.41) is 0. The first kappa shape index (κ1) is 10.0. The molecule has 0 saturated heterocycles. The summed E-state index contributed by atoms with van der Waals surface area (Å²) in [6.45, 7) is 0. The third-order valence-electron chi connectivity index (χ3n) is 1.72. The molecule has 1 aromatic heterocycles. The molecule has 0 aliphatic heterocycles. The maximum Gasteiger partial charge on any atom is 0.400 e. The second kappa shape index (κ2) is 4.35. The Morgan fingerprint density at radius 2 is 1.87 bits per heavy atom. The highest BCUT2D eigenvalue weighted by Gasteiger charge is 2.03. The molecule has 0 unspecified atom stereocenters. The lowest BCUT2D eigenvalue weighted by Gasteiger charge is -2.02. The number of methoxy groups -OCH3 is 1. The van der Waals surface area contributed by atoms with Crippen molar-refractivity contribution in [2.45, 2.75) is 0 Å². The molecule has 15 heavy (non-hydrogen) atoms. The van der Waals surface area contributed by atoms with Crippen molar-refractivity contribution < 1.29 is 13.9 Å². The van der Waals surface area contributed by atoms with E-state index in [9.17, 15) is 0 Å². The van der Waals surface area contributed by atoms with Gasteiger partial charge < -0.3 is 13.9 Å². The molecule has 78 valence electrons. The van der Waals surface area contributed by atoms with Crippen LogP contribution in [-0.2, 0) is 0 Å². The molecule has 2 aromatic rings. The van der Waals surface area contributed by atoms with E-state index in [-0.39, 0.29) is 6.08 Å². The Balaban J connectivity index is 2.11. The van der Waals surface area contributed by atoms with Crippen LogP contribution in [0.25, 0.3) is 0 Å². The second-order valence-electron chi connectivity index (χ2n) is 2.71. The van der Waals surface area contributed by atoms with Crippen molar-refractivity contribution in [3.05, 3.63) is 35.1 Å². The first-order valence-electron chi connectivity index (χ1n) is 4.21. The molecule has 0 amide bonds. The first-order chi connectivity index (χ1) is 7.28. The van der Waals surface area contributed by atoms with Gasteiger partial charge in [-0.3, -0.25) is 0 Å². The van der Waals surface area contributed by atoms with Gasteiger partial charge in [-0.25, -0.2) is 0 Å². The molecule has 0 aliphatic carbocycles. The molecule has 0 bridgehead atoms. The highest BCUT2D eigenvalue weighted by Crippen LogP contribution is 2.24. The summed E-state index contributed by atoms with van der Waals surface area (Å²) in [6.07, 6.45) is 1.73. The van der Waals surface area contributed by atoms with Crippen molar-refractivity contribution in [3.63, 3.8) is 0 Å². The number of hydrogen-bond donors (Lipinski definition) is 0. The second-order valence-corrected chi connectivity index (χ2v) is 3.49. The van der Waals surface area contributed by atoms with Crippen LogP contribution in [0.1, 0.15) is 0 Å². The molecular weight excluding hydrogens is 262 g/mol. The number of benzene rings is 1. The van der Waals surface area contributed by atoms with E-state index in [2.05, 4.69) is 20.9 Å². The first-order valence-corrected chi connectivity index (χ1v) is 5.00. The summed E-state index contributed by atoms with van der Waals surface area (Å²) in [7, 11) is 1.61. The molecule has 1 heterocycles. The van der Waals surface area contributed by atoms with E-state index >= 15 is 0 Å². The lowest BCUT2D eigenvalue weighted by molar-refractivity contribution is 0.323. The summed E-state index contributed by atoms with van der Waals surface area (Å²) in [6, 6.07) is 7.15. The maximum absolute atomic E-state index is 5.34. The van der Waals surface area contributed by atoms with Gasteiger partial charge in [-0.05, 0) is 40.2 Å². The third kappa shape index (κ3) is 2.50. The zero-order valence-corrected chi connectivity index (χ0v) is 9.52. The number of nitrogens with zero attached hydrogens (tertiary/aromatic N) is 1. The van der Waals surface area contributed by atoms with Gasteiger partial charge in [-0.2, -0.15) is 4.98 Å². The van der Waals surface area contributed by atoms with Crippen molar-refractivity contribution in [2.24, 2.45) is 0 Å². The molecular formula is C10H8BrNO3. The van der Waals surface area contributed by atoms with E-state index < -0.39 is 0 Å². The zero-order chi connectivity index (χ0) is 10.7. The van der Waals surface area contributed by atoms with Gasteiger partial charge in [0, 0.05) is 0 Å². The molecule has 0 N–H and O–H groups in total. The Bertz CT molecular complexity index is 438. The molecule has 0 fully saturated rings. The predicted molar refractivity (Wildman–Crippen MR) is 57.3 cm³/mol. The van der Waals surface area contributed by atoms with Crippen LogP contribution in [0.4, 0.5) is 0 Å². The number of halogens is 1. The Labute approximate surface area is 95.0 Å². The smallest absolute Gasteiger partial charge is 0.400 e. The fourth-order valence-corrected chi connectivity index (χ4v) is 1.27. The van der Waals surface area contributed by atoms with Crippen molar-refractivity contribution >= 4 is 15.9 Å². The summed E-state index contributed by atoms with van der Waals surface area (Å²) < 4.78 is 16.0. The highest BCUT2D eigenvalue weighted by molar-refractivity contribution is 9.10. The summed E-state index contributed by atoms with van der Waals surface area (Å²) >= 11 is 3.14. The Kier molecular flexibility index (Phi) is 2.91. The van der Waals surface area contributed by atoms with E-state index in [0.717, 1.165) is 5.75 Å². The molecule has 1 aromatic carbocycles. The molecule has 2 rings (SSSR count). The maximum atomic E-state index is 5.34. The normalized spacial score (nSPS) is 10.0. The molecule has 0 atom stereocenters. The van der Waals surface area contributed by atoms with Gasteiger partial charge in [0.1, 0.15) is 11.5 Å². The summed E-state index contributed by atoms with van der Waals surface area (Å²) in [5.74, 6) is 1.42. The Morgan fingerprint density at radius 3 is 2.40 bits per heavy atom. The van der Waals surface area contributed by atoms with Crippen molar-refractivity contribution in [1.29, 1.82) is 0 Å². The van der Waals surface area contributed by atoms with Crippen LogP contribution < -0.4 is 9.47 Å². The molecule has 0 radical (unpaired) electrons. The topological polar surface area (TPSA) is 44.5 Å². The minimum Gasteiger partial charge on any atom is -0.497 e. The van der Waals surface area contributed by atoms with E-state index in [1.54, 1.807) is 31.4 Å². The lowest BCUT2D eigenvalue weighted by atomic mass is 10.3. The van der Waals surface area contributed by atoms with Gasteiger partial charge in [0.05, 0.1) is 13.3 Å². The van der Waals surface area contributed by atoms with Gasteiger partial charge in [0.2, 0.25) is 0 Å². The van der Waals surface area contributed by atoms with Gasteiger partial charge >= 0.3 is 6.08 Å². The predicted octanol–water partition coefficient (Wildman–Crippen LogP) is 3.24. The van der Waals surface area contributed by atoms with E-state index in [0.29, 0.717) is 10.4 Å². The number of rotatable bonds is 3. The SMILES string of the molecule is COc1ccc(Oc2ncc(Br)o2)cc1. The summed E-state index contributed by atoms with van der Waals surface area (Å²) in [4.78, 5) is 3.89. The number of aromatic nitrogens is 1. The van der Waals surface area contributed by atoms with Crippen LogP contribution in [0.3, 0.4) is 0 Å².